The molecular weight excluding hydrogens is 315 g/mol. The maximum atomic E-state index is 13.2. The monoisotopic (exact) mass is 330 g/mol. The lowest BCUT2D eigenvalue weighted by Crippen LogP contribution is -2.56. The third kappa shape index (κ3) is 3.32. The minimum absolute atomic E-state index is 0.227. The van der Waals surface area contributed by atoms with Crippen LogP contribution in [0.1, 0.15) is 12.5 Å². The molecule has 0 unspecified atom stereocenters. The zero-order valence-corrected chi connectivity index (χ0v) is 12.2. The zero-order valence-electron chi connectivity index (χ0n) is 10.6. The van der Waals surface area contributed by atoms with E-state index in [0.29, 0.717) is 24.2 Å². The van der Waals surface area contributed by atoms with Crippen molar-refractivity contribution in [2.75, 3.05) is 13.2 Å². The average molecular weight is 331 g/mol. The first-order valence-corrected chi connectivity index (χ1v) is 6.87. The van der Waals surface area contributed by atoms with Crippen molar-refractivity contribution in [2.45, 2.75) is 25.6 Å². The van der Waals surface area contributed by atoms with Crippen molar-refractivity contribution in [1.29, 1.82) is 0 Å². The summed E-state index contributed by atoms with van der Waals surface area (Å²) in [6, 6.07) is 4.38. The smallest absolute Gasteiger partial charge is 0.237 e. The Balaban J connectivity index is 2.15. The Morgan fingerprint density at radius 2 is 2.37 bits per heavy atom. The SMILES string of the molecule is C[C@H]1OCCN(Cc2ccc(F)c(Br)c2)[C@@H]1C(N)=O. The minimum atomic E-state index is -0.447. The number of halogens is 2. The number of rotatable bonds is 3. The van der Waals surface area contributed by atoms with Crippen molar-refractivity contribution in [3.63, 3.8) is 0 Å². The van der Waals surface area contributed by atoms with Crippen LogP contribution in [0.25, 0.3) is 0 Å². The van der Waals surface area contributed by atoms with Crippen molar-refractivity contribution >= 4 is 21.8 Å². The molecule has 2 N–H and O–H groups in total. The van der Waals surface area contributed by atoms with Crippen molar-refractivity contribution in [3.8, 4) is 0 Å². The van der Waals surface area contributed by atoms with Gasteiger partial charge in [0.15, 0.2) is 0 Å². The first kappa shape index (κ1) is 14.4. The summed E-state index contributed by atoms with van der Waals surface area (Å²) in [6.07, 6.45) is -0.227. The molecule has 2 atom stereocenters. The third-order valence-electron chi connectivity index (χ3n) is 3.26. The number of hydrogen-bond donors (Lipinski definition) is 1. The van der Waals surface area contributed by atoms with E-state index in [2.05, 4.69) is 15.9 Å². The van der Waals surface area contributed by atoms with E-state index in [-0.39, 0.29) is 11.9 Å². The summed E-state index contributed by atoms with van der Waals surface area (Å²) in [5.41, 5.74) is 6.35. The first-order chi connectivity index (χ1) is 8.99. The molecule has 1 aliphatic rings. The van der Waals surface area contributed by atoms with Gasteiger partial charge in [-0.15, -0.1) is 0 Å². The highest BCUT2D eigenvalue weighted by molar-refractivity contribution is 9.10. The second kappa shape index (κ2) is 5.98. The Kier molecular flexibility index (Phi) is 4.54. The van der Waals surface area contributed by atoms with E-state index < -0.39 is 11.9 Å². The number of hydrogen-bond acceptors (Lipinski definition) is 3. The fraction of sp³-hybridized carbons (Fsp3) is 0.462. The normalized spacial score (nSPS) is 24.4. The van der Waals surface area contributed by atoms with E-state index in [9.17, 15) is 9.18 Å². The molecule has 0 aliphatic carbocycles. The minimum Gasteiger partial charge on any atom is -0.375 e. The predicted octanol–water partition coefficient (Wildman–Crippen LogP) is 1.66. The molecule has 19 heavy (non-hydrogen) atoms. The van der Waals surface area contributed by atoms with Gasteiger partial charge in [0.2, 0.25) is 5.91 Å². The van der Waals surface area contributed by atoms with Crippen LogP contribution < -0.4 is 5.73 Å². The topological polar surface area (TPSA) is 55.6 Å². The molecule has 104 valence electrons. The second-order valence-electron chi connectivity index (χ2n) is 4.64. The van der Waals surface area contributed by atoms with Crippen molar-refractivity contribution in [2.24, 2.45) is 5.73 Å². The van der Waals surface area contributed by atoms with E-state index in [4.69, 9.17) is 10.5 Å². The van der Waals surface area contributed by atoms with Crippen LogP contribution in [0.5, 0.6) is 0 Å². The Morgan fingerprint density at radius 1 is 1.63 bits per heavy atom. The molecule has 1 heterocycles. The Morgan fingerprint density at radius 3 is 3.00 bits per heavy atom. The molecule has 1 aromatic rings. The van der Waals surface area contributed by atoms with Crippen molar-refractivity contribution in [1.82, 2.24) is 4.90 Å². The van der Waals surface area contributed by atoms with Gasteiger partial charge in [0.05, 0.1) is 17.2 Å². The van der Waals surface area contributed by atoms with E-state index in [1.807, 2.05) is 11.8 Å². The quantitative estimate of drug-likeness (QED) is 0.917. The molecule has 0 bridgehead atoms. The molecule has 0 spiro atoms. The summed E-state index contributed by atoms with van der Waals surface area (Å²) in [4.78, 5) is 13.5. The van der Waals surface area contributed by atoms with Gasteiger partial charge in [-0.2, -0.15) is 0 Å². The van der Waals surface area contributed by atoms with Gasteiger partial charge in [0.25, 0.3) is 0 Å². The lowest BCUT2D eigenvalue weighted by molar-refractivity contribution is -0.136. The van der Waals surface area contributed by atoms with Gasteiger partial charge in [-0.1, -0.05) is 6.07 Å². The van der Waals surface area contributed by atoms with Gasteiger partial charge in [-0.05, 0) is 40.5 Å². The lowest BCUT2D eigenvalue weighted by atomic mass is 10.1. The fourth-order valence-electron chi connectivity index (χ4n) is 2.34. The Hall–Kier alpha value is -0.980. The summed E-state index contributed by atoms with van der Waals surface area (Å²) in [5, 5.41) is 0. The van der Waals surface area contributed by atoms with E-state index in [1.165, 1.54) is 6.07 Å². The number of amides is 1. The Bertz CT molecular complexity index is 484. The van der Waals surface area contributed by atoms with Gasteiger partial charge in [0.1, 0.15) is 11.9 Å². The number of ether oxygens (including phenoxy) is 1. The van der Waals surface area contributed by atoms with Crippen LogP contribution in [0.4, 0.5) is 4.39 Å². The highest BCUT2D eigenvalue weighted by Gasteiger charge is 2.33. The van der Waals surface area contributed by atoms with Gasteiger partial charge >= 0.3 is 0 Å². The third-order valence-corrected chi connectivity index (χ3v) is 3.87. The molecular formula is C13H16BrFN2O2. The average Bonchev–Trinajstić information content (AvgIpc) is 2.33. The van der Waals surface area contributed by atoms with Gasteiger partial charge < -0.3 is 10.5 Å². The summed E-state index contributed by atoms with van der Waals surface area (Å²) in [5.74, 6) is -0.695. The predicted molar refractivity (Wildman–Crippen MR) is 72.9 cm³/mol. The maximum absolute atomic E-state index is 13.2. The van der Waals surface area contributed by atoms with Gasteiger partial charge in [0, 0.05) is 13.1 Å². The van der Waals surface area contributed by atoms with Crippen LogP contribution in [-0.4, -0.2) is 36.1 Å². The molecule has 1 fully saturated rings. The van der Waals surface area contributed by atoms with Crippen LogP contribution in [0, 0.1) is 5.82 Å². The van der Waals surface area contributed by atoms with Gasteiger partial charge in [-0.3, -0.25) is 9.69 Å². The number of primary amides is 1. The number of benzene rings is 1. The molecule has 2 rings (SSSR count). The summed E-state index contributed by atoms with van der Waals surface area (Å²) < 4.78 is 19.1. The molecule has 1 aliphatic heterocycles. The fourth-order valence-corrected chi connectivity index (χ4v) is 2.77. The zero-order chi connectivity index (χ0) is 14.0. The van der Waals surface area contributed by atoms with Crippen LogP contribution in [0.15, 0.2) is 22.7 Å². The molecule has 4 nitrogen and oxygen atoms in total. The van der Waals surface area contributed by atoms with E-state index in [1.54, 1.807) is 12.1 Å². The summed E-state index contributed by atoms with van der Waals surface area (Å²) >= 11 is 3.16. The Labute approximate surface area is 119 Å². The van der Waals surface area contributed by atoms with E-state index in [0.717, 1.165) is 5.56 Å². The number of carbonyl (C=O) groups is 1. The molecule has 0 aromatic heterocycles. The number of nitrogens with two attached hydrogens (primary N) is 1. The van der Waals surface area contributed by atoms with E-state index >= 15 is 0 Å². The first-order valence-electron chi connectivity index (χ1n) is 6.08. The van der Waals surface area contributed by atoms with Crippen LogP contribution in [0.3, 0.4) is 0 Å². The number of morpholine rings is 1. The molecule has 1 saturated heterocycles. The van der Waals surface area contributed by atoms with Crippen LogP contribution in [0.2, 0.25) is 0 Å². The molecule has 1 aromatic carbocycles. The standard InChI is InChI=1S/C13H16BrFN2O2/c1-8-12(13(16)18)17(4-5-19-8)7-9-2-3-11(15)10(14)6-9/h2-3,6,8,12H,4-5,7H2,1H3,(H2,16,18)/t8-,12+/m1/s1. The second-order valence-corrected chi connectivity index (χ2v) is 5.50. The molecule has 6 heteroatoms. The molecule has 0 radical (unpaired) electrons. The number of carbonyl (C=O) groups excluding carboxylic acids is 1. The highest BCUT2D eigenvalue weighted by Crippen LogP contribution is 2.21. The van der Waals surface area contributed by atoms with Gasteiger partial charge in [-0.25, -0.2) is 4.39 Å². The van der Waals surface area contributed by atoms with Crippen LogP contribution in [-0.2, 0) is 16.1 Å². The number of nitrogens with zero attached hydrogens (tertiary/aromatic N) is 1. The lowest BCUT2D eigenvalue weighted by Gasteiger charge is -2.37. The maximum Gasteiger partial charge on any atom is 0.237 e. The van der Waals surface area contributed by atoms with Crippen molar-refractivity contribution in [3.05, 3.63) is 34.1 Å². The van der Waals surface area contributed by atoms with Crippen molar-refractivity contribution < 1.29 is 13.9 Å². The largest absolute Gasteiger partial charge is 0.375 e. The molecule has 1 amide bonds. The van der Waals surface area contributed by atoms with Crippen LogP contribution >= 0.6 is 15.9 Å². The summed E-state index contributed by atoms with van der Waals surface area (Å²) in [6.45, 7) is 3.57. The summed E-state index contributed by atoms with van der Waals surface area (Å²) in [7, 11) is 0. The molecule has 0 saturated carbocycles. The highest BCUT2D eigenvalue weighted by atomic mass is 79.9.